The zero-order valence-electron chi connectivity index (χ0n) is 23.5. The van der Waals surface area contributed by atoms with E-state index >= 15 is 0 Å². The molecule has 210 valence electrons. The molecule has 0 radical (unpaired) electrons. The lowest BCUT2D eigenvalue weighted by Crippen LogP contribution is -2.43. The smallest absolute Gasteiger partial charge is 0.229 e. The van der Waals surface area contributed by atoms with Crippen LogP contribution in [0.5, 0.6) is 5.75 Å². The third kappa shape index (κ3) is 6.44. The highest BCUT2D eigenvalue weighted by Crippen LogP contribution is 2.35. The largest absolute Gasteiger partial charge is 0.495 e. The van der Waals surface area contributed by atoms with E-state index < -0.39 is 0 Å². The summed E-state index contributed by atoms with van der Waals surface area (Å²) in [5, 5.41) is 9.86. The van der Waals surface area contributed by atoms with Gasteiger partial charge in [0.1, 0.15) is 17.1 Å². The molecule has 5 rings (SSSR count). The van der Waals surface area contributed by atoms with E-state index in [2.05, 4.69) is 36.9 Å². The number of carbonyl (C=O) groups excluding carboxylic acids is 1. The van der Waals surface area contributed by atoms with Gasteiger partial charge >= 0.3 is 0 Å². The van der Waals surface area contributed by atoms with Crippen LogP contribution in [0, 0.1) is 0 Å². The molecule has 1 fully saturated rings. The first-order valence-electron chi connectivity index (χ1n) is 13.5. The Morgan fingerprint density at radius 1 is 1.05 bits per heavy atom. The van der Waals surface area contributed by atoms with Crippen molar-refractivity contribution in [2.24, 2.45) is 4.99 Å². The van der Waals surface area contributed by atoms with Crippen LogP contribution in [0.4, 0.5) is 40.2 Å². The molecule has 0 spiro atoms. The summed E-state index contributed by atoms with van der Waals surface area (Å²) in [6.45, 7) is 3.72. The van der Waals surface area contributed by atoms with Crippen LogP contribution in [0.3, 0.4) is 0 Å². The van der Waals surface area contributed by atoms with E-state index in [9.17, 15) is 4.79 Å². The molecule has 3 N–H and O–H groups in total. The van der Waals surface area contributed by atoms with E-state index in [1.807, 2.05) is 85.7 Å². The zero-order valence-corrected chi connectivity index (χ0v) is 23.5. The number of piperazine rings is 1. The van der Waals surface area contributed by atoms with Crippen molar-refractivity contribution in [3.05, 3.63) is 84.6 Å². The van der Waals surface area contributed by atoms with Gasteiger partial charge in [-0.2, -0.15) is 4.98 Å². The lowest BCUT2D eigenvalue weighted by molar-refractivity contribution is -0.102. The van der Waals surface area contributed by atoms with Crippen LogP contribution in [0.15, 0.2) is 84.0 Å². The highest BCUT2D eigenvalue weighted by molar-refractivity contribution is 6.37. The van der Waals surface area contributed by atoms with Crippen LogP contribution in [-0.4, -0.2) is 69.3 Å². The number of nitrogens with one attached hydrogen (secondary N) is 3. The molecule has 10 nitrogen and oxygen atoms in total. The summed E-state index contributed by atoms with van der Waals surface area (Å²) in [7, 11) is 5.46. The summed E-state index contributed by atoms with van der Waals surface area (Å²) in [6, 6.07) is 23.3. The Morgan fingerprint density at radius 2 is 1.85 bits per heavy atom. The molecule has 0 amide bonds. The topological polar surface area (TPSA) is 107 Å². The lowest BCUT2D eigenvalue weighted by atomic mass is 10.1. The average Bonchev–Trinajstić information content (AvgIpc) is 3.04. The van der Waals surface area contributed by atoms with E-state index in [0.29, 0.717) is 28.7 Å². The Bertz CT molecular complexity index is 1520. The van der Waals surface area contributed by atoms with Gasteiger partial charge < -0.3 is 30.5 Å². The predicted molar refractivity (Wildman–Crippen MR) is 166 cm³/mol. The highest BCUT2D eigenvalue weighted by atomic mass is 16.5. The number of nitrogens with zero attached hydrogens (tertiary/aromatic N) is 5. The maximum absolute atomic E-state index is 12.0. The molecule has 0 bridgehead atoms. The van der Waals surface area contributed by atoms with Gasteiger partial charge in [-0.15, -0.1) is 0 Å². The molecule has 41 heavy (non-hydrogen) atoms. The van der Waals surface area contributed by atoms with Crippen molar-refractivity contribution < 1.29 is 9.53 Å². The fourth-order valence-corrected chi connectivity index (χ4v) is 4.69. The van der Waals surface area contributed by atoms with E-state index in [0.717, 1.165) is 61.0 Å². The number of aromatic nitrogens is 2. The van der Waals surface area contributed by atoms with E-state index in [-0.39, 0.29) is 0 Å². The molecule has 1 aliphatic heterocycles. The monoisotopic (exact) mass is 550 g/mol. The van der Waals surface area contributed by atoms with Crippen molar-refractivity contribution in [3.63, 3.8) is 0 Å². The maximum atomic E-state index is 12.0. The quantitative estimate of drug-likeness (QED) is 0.190. The minimum atomic E-state index is 0.293. The summed E-state index contributed by atoms with van der Waals surface area (Å²) >= 11 is 0. The third-order valence-corrected chi connectivity index (χ3v) is 6.91. The van der Waals surface area contributed by atoms with Crippen molar-refractivity contribution in [2.75, 3.05) is 67.8 Å². The van der Waals surface area contributed by atoms with Gasteiger partial charge in [0.05, 0.1) is 19.0 Å². The first kappa shape index (κ1) is 27.6. The molecule has 0 atom stereocenters. The third-order valence-electron chi connectivity index (χ3n) is 6.91. The summed E-state index contributed by atoms with van der Waals surface area (Å²) in [6.07, 6.45) is 2.38. The molecular weight excluding hydrogens is 516 g/mol. The molecule has 2 heterocycles. The number of ether oxygens (including phenoxy) is 1. The molecule has 10 heteroatoms. The van der Waals surface area contributed by atoms with Crippen LogP contribution >= 0.6 is 0 Å². The number of carbonyl (C=O) groups is 1. The van der Waals surface area contributed by atoms with Crippen LogP contribution in [0.2, 0.25) is 0 Å². The fourth-order valence-electron chi connectivity index (χ4n) is 4.69. The van der Waals surface area contributed by atoms with Crippen LogP contribution < -0.4 is 30.5 Å². The summed E-state index contributed by atoms with van der Waals surface area (Å²) < 4.78 is 5.73. The standard InChI is InChI=1S/C31H34N8O2/c1-32-23-10-7-11-25(18-23)38(2)30-26(36-27(21-40)22-8-5-4-6-9-22)20-34-31(37-30)35-24-12-13-28(29(19-24)41-3)39-16-14-33-15-17-39/h4-13,18-21,32-33H,14-17H2,1-3H3,(H,34,35,37). The summed E-state index contributed by atoms with van der Waals surface area (Å²) in [5.41, 5.74) is 5.17. The second-order valence-electron chi connectivity index (χ2n) is 9.49. The fraction of sp³-hybridized carbons (Fsp3) is 0.226. The van der Waals surface area contributed by atoms with Crippen molar-refractivity contribution in [2.45, 2.75) is 0 Å². The number of rotatable bonds is 10. The Labute approximate surface area is 240 Å². The van der Waals surface area contributed by atoms with Crippen LogP contribution in [0.1, 0.15) is 5.56 Å². The molecule has 4 aromatic rings. The van der Waals surface area contributed by atoms with Gasteiger partial charge in [0.2, 0.25) is 5.95 Å². The van der Waals surface area contributed by atoms with Gasteiger partial charge in [-0.05, 0) is 30.3 Å². The number of aliphatic imine (C=N–C) groups is 1. The summed E-state index contributed by atoms with van der Waals surface area (Å²) in [5.74, 6) is 1.70. The Morgan fingerprint density at radius 3 is 2.59 bits per heavy atom. The minimum Gasteiger partial charge on any atom is -0.495 e. The van der Waals surface area contributed by atoms with Crippen molar-refractivity contribution >= 4 is 52.2 Å². The van der Waals surface area contributed by atoms with E-state index in [1.54, 1.807) is 13.3 Å². The minimum absolute atomic E-state index is 0.293. The number of methoxy groups -OCH3 is 1. The second kappa shape index (κ2) is 12.9. The Kier molecular flexibility index (Phi) is 8.70. The SMILES string of the molecule is CNc1cccc(N(C)c2nc(Nc3ccc(N4CCNCC4)c(OC)c3)ncc2N=C(C=O)c2ccccc2)c1. The first-order chi connectivity index (χ1) is 20.1. The van der Waals surface area contributed by atoms with Gasteiger partial charge in [-0.3, -0.25) is 4.79 Å². The van der Waals surface area contributed by atoms with Gasteiger partial charge in [-0.1, -0.05) is 36.4 Å². The Balaban J connectivity index is 1.51. The number of hydrogen-bond acceptors (Lipinski definition) is 10. The molecule has 1 aromatic heterocycles. The second-order valence-corrected chi connectivity index (χ2v) is 9.49. The molecule has 0 aliphatic carbocycles. The van der Waals surface area contributed by atoms with E-state index in [1.165, 1.54) is 0 Å². The average molecular weight is 551 g/mol. The van der Waals surface area contributed by atoms with Gasteiger partial charge in [0.25, 0.3) is 0 Å². The number of hydrogen-bond donors (Lipinski definition) is 3. The predicted octanol–water partition coefficient (Wildman–Crippen LogP) is 4.77. The molecule has 1 aliphatic rings. The molecule has 0 saturated carbocycles. The van der Waals surface area contributed by atoms with Crippen molar-refractivity contribution in [1.29, 1.82) is 0 Å². The number of anilines is 6. The molecular formula is C31H34N8O2. The normalized spacial score (nSPS) is 13.4. The lowest BCUT2D eigenvalue weighted by Gasteiger charge is -2.30. The van der Waals surface area contributed by atoms with Crippen LogP contribution in [-0.2, 0) is 4.79 Å². The Hall–Kier alpha value is -4.96. The van der Waals surface area contributed by atoms with E-state index in [4.69, 9.17) is 9.72 Å². The van der Waals surface area contributed by atoms with Crippen molar-refractivity contribution in [1.82, 2.24) is 15.3 Å². The first-order valence-corrected chi connectivity index (χ1v) is 13.5. The maximum Gasteiger partial charge on any atom is 0.229 e. The molecule has 0 unspecified atom stereocenters. The molecule has 1 saturated heterocycles. The summed E-state index contributed by atoms with van der Waals surface area (Å²) in [4.78, 5) is 30.3. The van der Waals surface area contributed by atoms with Gasteiger partial charge in [0.15, 0.2) is 12.1 Å². The van der Waals surface area contributed by atoms with Crippen LogP contribution in [0.25, 0.3) is 0 Å². The van der Waals surface area contributed by atoms with Crippen molar-refractivity contribution in [3.8, 4) is 5.75 Å². The zero-order chi connectivity index (χ0) is 28.6. The van der Waals surface area contributed by atoms with Gasteiger partial charge in [-0.25, -0.2) is 9.98 Å². The molecule has 3 aromatic carbocycles. The number of aldehydes is 1. The number of benzene rings is 3. The highest BCUT2D eigenvalue weighted by Gasteiger charge is 2.18. The van der Waals surface area contributed by atoms with Gasteiger partial charge in [0, 0.05) is 69.0 Å².